The number of anilines is 2. The summed E-state index contributed by atoms with van der Waals surface area (Å²) in [4.78, 5) is 21.2. The van der Waals surface area contributed by atoms with Crippen molar-refractivity contribution in [1.29, 1.82) is 0 Å². The van der Waals surface area contributed by atoms with E-state index in [0.29, 0.717) is 12.1 Å². The van der Waals surface area contributed by atoms with E-state index in [9.17, 15) is 4.79 Å². The van der Waals surface area contributed by atoms with Crippen molar-refractivity contribution in [3.05, 3.63) is 96.7 Å². The molecule has 0 fully saturated rings. The number of rotatable bonds is 7. The summed E-state index contributed by atoms with van der Waals surface area (Å²) < 4.78 is 7.00. The summed E-state index contributed by atoms with van der Waals surface area (Å²) in [5, 5.41) is 6.27. The van der Waals surface area contributed by atoms with Crippen molar-refractivity contribution in [1.82, 2.24) is 19.9 Å². The standard InChI is InChI=1S/C23H21N5O2/c1-30-19-8-6-18(7-9-19)27-21-5-3-2-4-20(21)23(29)26-15-17-10-11-25-22(14-17)28-13-12-24-16-28/h2-14,16,27H,15H2,1H3,(H,26,29). The second kappa shape index (κ2) is 8.91. The van der Waals surface area contributed by atoms with Gasteiger partial charge in [0.2, 0.25) is 0 Å². The van der Waals surface area contributed by atoms with E-state index in [1.165, 1.54) is 0 Å². The molecule has 7 heteroatoms. The summed E-state index contributed by atoms with van der Waals surface area (Å²) in [5.41, 5.74) is 3.11. The maximum atomic E-state index is 12.8. The first-order valence-corrected chi connectivity index (χ1v) is 9.44. The fraction of sp³-hybridized carbons (Fsp3) is 0.0870. The predicted molar refractivity (Wildman–Crippen MR) is 115 cm³/mol. The monoisotopic (exact) mass is 399 g/mol. The largest absolute Gasteiger partial charge is 0.497 e. The van der Waals surface area contributed by atoms with Crippen LogP contribution in [0.15, 0.2) is 85.6 Å². The first-order chi connectivity index (χ1) is 14.7. The Kier molecular flexibility index (Phi) is 5.70. The van der Waals surface area contributed by atoms with Crippen LogP contribution in [0, 0.1) is 0 Å². The van der Waals surface area contributed by atoms with Crippen LogP contribution in [0.2, 0.25) is 0 Å². The van der Waals surface area contributed by atoms with Crippen LogP contribution in [0.5, 0.6) is 5.75 Å². The lowest BCUT2D eigenvalue weighted by Crippen LogP contribution is -2.23. The van der Waals surface area contributed by atoms with Gasteiger partial charge in [0.05, 0.1) is 18.4 Å². The molecule has 0 spiro atoms. The lowest BCUT2D eigenvalue weighted by molar-refractivity contribution is 0.0951. The highest BCUT2D eigenvalue weighted by molar-refractivity contribution is 6.00. The quantitative estimate of drug-likeness (QED) is 0.492. The van der Waals surface area contributed by atoms with E-state index < -0.39 is 0 Å². The van der Waals surface area contributed by atoms with Gasteiger partial charge in [0.25, 0.3) is 5.91 Å². The SMILES string of the molecule is COc1ccc(Nc2ccccc2C(=O)NCc2ccnc(-n3ccnc3)c2)cc1. The van der Waals surface area contributed by atoms with E-state index in [0.717, 1.165) is 28.5 Å². The molecule has 0 radical (unpaired) electrons. The number of carbonyl (C=O) groups is 1. The summed E-state index contributed by atoms with van der Waals surface area (Å²) in [6.45, 7) is 0.389. The topological polar surface area (TPSA) is 81.1 Å². The number of amides is 1. The number of nitrogens with zero attached hydrogens (tertiary/aromatic N) is 3. The molecule has 0 saturated carbocycles. The van der Waals surface area contributed by atoms with Crippen LogP contribution in [0.1, 0.15) is 15.9 Å². The van der Waals surface area contributed by atoms with Crippen molar-refractivity contribution in [3.63, 3.8) is 0 Å². The number of nitrogens with one attached hydrogen (secondary N) is 2. The van der Waals surface area contributed by atoms with Crippen molar-refractivity contribution < 1.29 is 9.53 Å². The van der Waals surface area contributed by atoms with Crippen LogP contribution in [-0.2, 0) is 6.54 Å². The van der Waals surface area contributed by atoms with Crippen molar-refractivity contribution >= 4 is 17.3 Å². The van der Waals surface area contributed by atoms with Gasteiger partial charge in [-0.15, -0.1) is 0 Å². The molecule has 2 heterocycles. The zero-order chi connectivity index (χ0) is 20.8. The molecular weight excluding hydrogens is 378 g/mol. The third-order valence-corrected chi connectivity index (χ3v) is 4.57. The zero-order valence-corrected chi connectivity index (χ0v) is 16.4. The highest BCUT2D eigenvalue weighted by Gasteiger charge is 2.11. The van der Waals surface area contributed by atoms with E-state index in [4.69, 9.17) is 4.74 Å². The number of hydrogen-bond acceptors (Lipinski definition) is 5. The molecule has 0 saturated heterocycles. The average molecular weight is 399 g/mol. The van der Waals surface area contributed by atoms with Gasteiger partial charge < -0.3 is 15.4 Å². The molecule has 1 amide bonds. The van der Waals surface area contributed by atoms with Crippen molar-refractivity contribution in [2.45, 2.75) is 6.54 Å². The lowest BCUT2D eigenvalue weighted by Gasteiger charge is -2.13. The summed E-state index contributed by atoms with van der Waals surface area (Å²) in [6.07, 6.45) is 6.93. The van der Waals surface area contributed by atoms with Gasteiger partial charge in [0.1, 0.15) is 17.9 Å². The minimum atomic E-state index is -0.160. The Morgan fingerprint density at radius 2 is 1.90 bits per heavy atom. The van der Waals surface area contributed by atoms with E-state index in [1.807, 2.05) is 65.4 Å². The number of methoxy groups -OCH3 is 1. The summed E-state index contributed by atoms with van der Waals surface area (Å²) in [6, 6.07) is 18.8. The Bertz CT molecular complexity index is 1120. The number of hydrogen-bond donors (Lipinski definition) is 2. The van der Waals surface area contributed by atoms with Gasteiger partial charge in [-0.1, -0.05) is 12.1 Å². The summed E-state index contributed by atoms with van der Waals surface area (Å²) >= 11 is 0. The van der Waals surface area contributed by atoms with Crippen molar-refractivity contribution in [3.8, 4) is 11.6 Å². The molecule has 2 aromatic heterocycles. The Hall–Kier alpha value is -4.13. The van der Waals surface area contributed by atoms with Crippen LogP contribution in [-0.4, -0.2) is 27.6 Å². The fourth-order valence-electron chi connectivity index (χ4n) is 3.00. The van der Waals surface area contributed by atoms with Gasteiger partial charge in [0, 0.05) is 30.8 Å². The first-order valence-electron chi connectivity index (χ1n) is 9.44. The number of ether oxygens (including phenoxy) is 1. The number of para-hydroxylation sites is 1. The number of benzene rings is 2. The molecule has 2 aromatic carbocycles. The van der Waals surface area contributed by atoms with Gasteiger partial charge >= 0.3 is 0 Å². The van der Waals surface area contributed by atoms with Crippen LogP contribution in [0.3, 0.4) is 0 Å². The molecule has 150 valence electrons. The molecule has 4 rings (SSSR count). The number of carbonyl (C=O) groups excluding carboxylic acids is 1. The minimum absolute atomic E-state index is 0.160. The molecule has 30 heavy (non-hydrogen) atoms. The van der Waals surface area contributed by atoms with E-state index in [-0.39, 0.29) is 5.91 Å². The maximum Gasteiger partial charge on any atom is 0.253 e. The van der Waals surface area contributed by atoms with Gasteiger partial charge in [-0.05, 0) is 54.1 Å². The minimum Gasteiger partial charge on any atom is -0.497 e. The maximum absolute atomic E-state index is 12.8. The number of pyridine rings is 1. The Balaban J connectivity index is 1.46. The van der Waals surface area contributed by atoms with Gasteiger partial charge in [0.15, 0.2) is 0 Å². The molecule has 0 aliphatic heterocycles. The second-order valence-electron chi connectivity index (χ2n) is 6.57. The summed E-state index contributed by atoms with van der Waals surface area (Å²) in [5.74, 6) is 1.37. The first kappa shape index (κ1) is 19.2. The van der Waals surface area contributed by atoms with Crippen LogP contribution in [0.25, 0.3) is 5.82 Å². The molecule has 2 N–H and O–H groups in total. The second-order valence-corrected chi connectivity index (χ2v) is 6.57. The van der Waals surface area contributed by atoms with Crippen LogP contribution >= 0.6 is 0 Å². The molecule has 0 aliphatic carbocycles. The smallest absolute Gasteiger partial charge is 0.253 e. The normalized spacial score (nSPS) is 10.4. The molecule has 4 aromatic rings. The van der Waals surface area contributed by atoms with E-state index in [1.54, 1.807) is 31.9 Å². The van der Waals surface area contributed by atoms with Crippen LogP contribution in [0.4, 0.5) is 11.4 Å². The number of imidazole rings is 1. The highest BCUT2D eigenvalue weighted by Crippen LogP contribution is 2.23. The van der Waals surface area contributed by atoms with Gasteiger partial charge in [-0.3, -0.25) is 9.36 Å². The number of aromatic nitrogens is 3. The molecule has 0 bridgehead atoms. The molecule has 7 nitrogen and oxygen atoms in total. The van der Waals surface area contributed by atoms with Crippen molar-refractivity contribution in [2.24, 2.45) is 0 Å². The predicted octanol–water partition coefficient (Wildman–Crippen LogP) is 3.95. The fourth-order valence-corrected chi connectivity index (χ4v) is 3.00. The molecule has 0 unspecified atom stereocenters. The van der Waals surface area contributed by atoms with Gasteiger partial charge in [-0.25, -0.2) is 9.97 Å². The highest BCUT2D eigenvalue weighted by atomic mass is 16.5. The van der Waals surface area contributed by atoms with Gasteiger partial charge in [-0.2, -0.15) is 0 Å². The molecule has 0 atom stereocenters. The Labute approximate surface area is 174 Å². The van der Waals surface area contributed by atoms with Crippen molar-refractivity contribution in [2.75, 3.05) is 12.4 Å². The summed E-state index contributed by atoms with van der Waals surface area (Å²) in [7, 11) is 1.63. The molecule has 0 aliphatic rings. The Morgan fingerprint density at radius 1 is 1.07 bits per heavy atom. The third-order valence-electron chi connectivity index (χ3n) is 4.57. The average Bonchev–Trinajstić information content (AvgIpc) is 3.34. The zero-order valence-electron chi connectivity index (χ0n) is 16.4. The molecular formula is C23H21N5O2. The lowest BCUT2D eigenvalue weighted by atomic mass is 10.1. The Morgan fingerprint density at radius 3 is 2.67 bits per heavy atom. The third kappa shape index (κ3) is 4.47. The van der Waals surface area contributed by atoms with E-state index >= 15 is 0 Å². The van der Waals surface area contributed by atoms with E-state index in [2.05, 4.69) is 20.6 Å². The van der Waals surface area contributed by atoms with Crippen LogP contribution < -0.4 is 15.4 Å².